The number of allylic oxidation sites excluding steroid dienone is 4. The second kappa shape index (κ2) is 6.24. The van der Waals surface area contributed by atoms with Crippen molar-refractivity contribution in [1.29, 1.82) is 0 Å². The first-order chi connectivity index (χ1) is 12.0. The second-order valence-electron chi connectivity index (χ2n) is 6.09. The summed E-state index contributed by atoms with van der Waals surface area (Å²) in [5.74, 6) is -0.581. The molecule has 0 fully saturated rings. The number of benzene rings is 1. The van der Waals surface area contributed by atoms with Gasteiger partial charge < -0.3 is 14.2 Å². The van der Waals surface area contributed by atoms with Crippen LogP contribution in [0.2, 0.25) is 0 Å². The van der Waals surface area contributed by atoms with Gasteiger partial charge in [-0.3, -0.25) is 9.59 Å². The molecule has 0 N–H and O–H groups in total. The molecule has 0 aliphatic heterocycles. The van der Waals surface area contributed by atoms with Gasteiger partial charge in [0.05, 0.1) is 21.3 Å². The van der Waals surface area contributed by atoms with Gasteiger partial charge in [-0.05, 0) is 24.1 Å². The van der Waals surface area contributed by atoms with Crippen LogP contribution >= 0.6 is 0 Å². The number of methoxy groups -OCH3 is 3. The van der Waals surface area contributed by atoms with E-state index in [0.29, 0.717) is 11.3 Å². The van der Waals surface area contributed by atoms with Crippen LogP contribution in [0, 0.1) is 5.41 Å². The van der Waals surface area contributed by atoms with Crippen LogP contribution in [0.15, 0.2) is 58.9 Å². The quantitative estimate of drug-likeness (QED) is 0.623. The molecule has 2 aliphatic carbocycles. The first-order valence-corrected chi connectivity index (χ1v) is 7.94. The van der Waals surface area contributed by atoms with Crippen molar-refractivity contribution in [3.63, 3.8) is 0 Å². The average molecular weight is 340 g/mol. The summed E-state index contributed by atoms with van der Waals surface area (Å²) in [6.07, 6.45) is 2.07. The zero-order chi connectivity index (χ0) is 18.2. The maximum Gasteiger partial charge on any atom is 0.328 e. The molecule has 0 spiro atoms. The number of hydrogen-bond donors (Lipinski definition) is 0. The third-order valence-electron chi connectivity index (χ3n) is 4.80. The van der Waals surface area contributed by atoms with Crippen molar-refractivity contribution in [3.8, 4) is 0 Å². The van der Waals surface area contributed by atoms with E-state index in [4.69, 9.17) is 14.2 Å². The molecule has 0 atom stereocenters. The van der Waals surface area contributed by atoms with Gasteiger partial charge in [0.15, 0.2) is 5.41 Å². The van der Waals surface area contributed by atoms with E-state index < -0.39 is 17.4 Å². The molecular weight excluding hydrogens is 320 g/mol. The summed E-state index contributed by atoms with van der Waals surface area (Å²) in [6, 6.07) is 9.70. The Hall–Kier alpha value is -2.82. The monoisotopic (exact) mass is 340 g/mol. The Morgan fingerprint density at radius 1 is 1.00 bits per heavy atom. The largest absolute Gasteiger partial charge is 0.495 e. The van der Waals surface area contributed by atoms with E-state index in [-0.39, 0.29) is 6.42 Å². The van der Waals surface area contributed by atoms with E-state index in [2.05, 4.69) is 0 Å². The van der Waals surface area contributed by atoms with Crippen LogP contribution in [-0.2, 0) is 23.8 Å². The summed E-state index contributed by atoms with van der Waals surface area (Å²) in [5.41, 5.74) is 2.57. The van der Waals surface area contributed by atoms with Crippen molar-refractivity contribution in [2.24, 2.45) is 5.41 Å². The molecule has 0 bridgehead atoms. The van der Waals surface area contributed by atoms with Crippen molar-refractivity contribution >= 4 is 17.5 Å². The molecule has 5 heteroatoms. The summed E-state index contributed by atoms with van der Waals surface area (Å²) < 4.78 is 15.6. The van der Waals surface area contributed by atoms with Gasteiger partial charge in [-0.1, -0.05) is 35.9 Å². The van der Waals surface area contributed by atoms with Gasteiger partial charge in [-0.2, -0.15) is 0 Å². The Morgan fingerprint density at radius 2 is 1.60 bits per heavy atom. The van der Waals surface area contributed by atoms with E-state index in [0.717, 1.165) is 22.3 Å². The fourth-order valence-electron chi connectivity index (χ4n) is 3.72. The number of esters is 2. The molecule has 0 heterocycles. The molecule has 0 radical (unpaired) electrons. The molecule has 1 aromatic carbocycles. The fraction of sp³-hybridized carbons (Fsp3) is 0.300. The van der Waals surface area contributed by atoms with Crippen molar-refractivity contribution < 1.29 is 23.8 Å². The minimum absolute atomic E-state index is 0.225. The van der Waals surface area contributed by atoms with E-state index in [9.17, 15) is 9.59 Å². The molecule has 0 saturated heterocycles. The highest BCUT2D eigenvalue weighted by atomic mass is 16.5. The van der Waals surface area contributed by atoms with Gasteiger partial charge in [-0.15, -0.1) is 0 Å². The topological polar surface area (TPSA) is 61.8 Å². The van der Waals surface area contributed by atoms with E-state index in [1.807, 2.05) is 43.3 Å². The lowest BCUT2D eigenvalue weighted by molar-refractivity contribution is -0.165. The van der Waals surface area contributed by atoms with Crippen LogP contribution in [0.3, 0.4) is 0 Å². The molecule has 3 rings (SSSR count). The van der Waals surface area contributed by atoms with Crippen molar-refractivity contribution in [2.45, 2.75) is 13.3 Å². The Labute approximate surface area is 146 Å². The van der Waals surface area contributed by atoms with E-state index in [1.54, 1.807) is 7.11 Å². The van der Waals surface area contributed by atoms with Gasteiger partial charge in [0.25, 0.3) is 0 Å². The summed E-state index contributed by atoms with van der Waals surface area (Å²) in [5, 5.41) is 0. The van der Waals surface area contributed by atoms with Crippen LogP contribution in [0.25, 0.3) is 5.57 Å². The summed E-state index contributed by atoms with van der Waals surface area (Å²) in [6.45, 7) is 1.89. The van der Waals surface area contributed by atoms with Crippen LogP contribution < -0.4 is 0 Å². The molecule has 0 unspecified atom stereocenters. The fourth-order valence-corrected chi connectivity index (χ4v) is 3.72. The SMILES string of the molecule is COC(=O)C1(C(=O)OC)CC(C)=C2C1=CC(c1ccccc1)=C2OC. The molecule has 0 aromatic heterocycles. The second-order valence-corrected chi connectivity index (χ2v) is 6.09. The van der Waals surface area contributed by atoms with Crippen LogP contribution in [0.4, 0.5) is 0 Å². The first-order valence-electron chi connectivity index (χ1n) is 7.94. The number of rotatable bonds is 4. The lowest BCUT2D eigenvalue weighted by atomic mass is 9.79. The first kappa shape index (κ1) is 17.0. The van der Waals surface area contributed by atoms with Crippen molar-refractivity contribution in [1.82, 2.24) is 0 Å². The third-order valence-corrected chi connectivity index (χ3v) is 4.80. The Morgan fingerprint density at radius 3 is 2.12 bits per heavy atom. The van der Waals surface area contributed by atoms with E-state index in [1.165, 1.54) is 14.2 Å². The summed E-state index contributed by atoms with van der Waals surface area (Å²) >= 11 is 0. The predicted octanol–water partition coefficient (Wildman–Crippen LogP) is 3.04. The van der Waals surface area contributed by atoms with Crippen LogP contribution in [0.5, 0.6) is 0 Å². The Balaban J connectivity index is 2.23. The third kappa shape index (κ3) is 2.30. The minimum atomic E-state index is -1.48. The van der Waals surface area contributed by atoms with Gasteiger partial charge in [0.2, 0.25) is 0 Å². The number of hydrogen-bond acceptors (Lipinski definition) is 5. The Kier molecular flexibility index (Phi) is 4.25. The highest BCUT2D eigenvalue weighted by Gasteiger charge is 2.58. The highest BCUT2D eigenvalue weighted by molar-refractivity contribution is 6.09. The molecule has 1 aromatic rings. The number of carbonyl (C=O) groups excluding carboxylic acids is 2. The number of ether oxygens (including phenoxy) is 3. The molecule has 25 heavy (non-hydrogen) atoms. The normalized spacial score (nSPS) is 18.0. The maximum atomic E-state index is 12.6. The molecular formula is C20H20O5. The average Bonchev–Trinajstić information content (AvgIpc) is 3.17. The van der Waals surface area contributed by atoms with Crippen molar-refractivity contribution in [2.75, 3.05) is 21.3 Å². The van der Waals surface area contributed by atoms with E-state index >= 15 is 0 Å². The predicted molar refractivity (Wildman–Crippen MR) is 92.2 cm³/mol. The number of carbonyl (C=O) groups is 2. The molecule has 2 aliphatic rings. The zero-order valence-electron chi connectivity index (χ0n) is 14.7. The summed E-state index contributed by atoms with van der Waals surface area (Å²) in [4.78, 5) is 25.2. The maximum absolute atomic E-state index is 12.6. The lowest BCUT2D eigenvalue weighted by Gasteiger charge is -2.25. The van der Waals surface area contributed by atoms with Gasteiger partial charge >= 0.3 is 11.9 Å². The van der Waals surface area contributed by atoms with Crippen LogP contribution in [-0.4, -0.2) is 33.3 Å². The molecule has 5 nitrogen and oxygen atoms in total. The van der Waals surface area contributed by atoms with Crippen molar-refractivity contribution in [3.05, 3.63) is 64.4 Å². The van der Waals surface area contributed by atoms with Gasteiger partial charge in [0.1, 0.15) is 5.76 Å². The Bertz CT molecular complexity index is 811. The standard InChI is InChI=1S/C20H20O5/c1-12-11-20(18(21)24-3,19(22)25-4)15-10-14(17(23-2)16(12)15)13-8-6-5-7-9-13/h5-10H,11H2,1-4H3. The highest BCUT2D eigenvalue weighted by Crippen LogP contribution is 2.55. The van der Waals surface area contributed by atoms with Gasteiger partial charge in [-0.25, -0.2) is 0 Å². The molecule has 0 saturated carbocycles. The zero-order valence-corrected chi connectivity index (χ0v) is 14.7. The van der Waals surface area contributed by atoms with Gasteiger partial charge in [0, 0.05) is 17.6 Å². The molecule has 0 amide bonds. The van der Waals surface area contributed by atoms with Crippen LogP contribution in [0.1, 0.15) is 18.9 Å². The smallest absolute Gasteiger partial charge is 0.328 e. The molecule has 130 valence electrons. The lowest BCUT2D eigenvalue weighted by Crippen LogP contribution is -2.41. The number of fused-ring (bicyclic) bond motifs is 1. The minimum Gasteiger partial charge on any atom is -0.495 e. The summed E-state index contributed by atoms with van der Waals surface area (Å²) in [7, 11) is 4.14.